The Bertz CT molecular complexity index is 552. The van der Waals surface area contributed by atoms with Crippen LogP contribution in [0.3, 0.4) is 0 Å². The Morgan fingerprint density at radius 3 is 2.95 bits per heavy atom. The van der Waals surface area contributed by atoms with E-state index >= 15 is 0 Å². The Hall–Kier alpha value is -2.27. The van der Waals surface area contributed by atoms with Crippen LogP contribution in [0.25, 0.3) is 0 Å². The molecule has 1 aromatic carbocycles. The SMILES string of the molecule is Cc1cccc(OCC(O)CNC(=O)c2ccc[nH]2)c1. The highest BCUT2D eigenvalue weighted by atomic mass is 16.5. The fraction of sp³-hybridized carbons (Fsp3) is 0.267. The van der Waals surface area contributed by atoms with E-state index in [0.29, 0.717) is 11.4 Å². The molecule has 106 valence electrons. The van der Waals surface area contributed by atoms with E-state index in [1.807, 2.05) is 31.2 Å². The number of carbonyl (C=O) groups is 1. The molecular weight excluding hydrogens is 256 g/mol. The highest BCUT2D eigenvalue weighted by molar-refractivity contribution is 5.92. The molecule has 20 heavy (non-hydrogen) atoms. The highest BCUT2D eigenvalue weighted by Crippen LogP contribution is 2.12. The molecule has 2 aromatic rings. The number of amides is 1. The van der Waals surface area contributed by atoms with Crippen LogP contribution < -0.4 is 10.1 Å². The second-order valence-electron chi connectivity index (χ2n) is 4.58. The van der Waals surface area contributed by atoms with Gasteiger partial charge in [0.05, 0.1) is 0 Å². The Balaban J connectivity index is 1.73. The van der Waals surface area contributed by atoms with Crippen LogP contribution in [-0.2, 0) is 0 Å². The van der Waals surface area contributed by atoms with Crippen LogP contribution in [0.4, 0.5) is 0 Å². The second-order valence-corrected chi connectivity index (χ2v) is 4.58. The van der Waals surface area contributed by atoms with E-state index in [0.717, 1.165) is 5.56 Å². The third-order valence-corrected chi connectivity index (χ3v) is 2.77. The monoisotopic (exact) mass is 274 g/mol. The van der Waals surface area contributed by atoms with E-state index < -0.39 is 6.10 Å². The quantitative estimate of drug-likeness (QED) is 0.747. The summed E-state index contributed by atoms with van der Waals surface area (Å²) in [4.78, 5) is 14.4. The van der Waals surface area contributed by atoms with Gasteiger partial charge in [-0.15, -0.1) is 0 Å². The average molecular weight is 274 g/mol. The zero-order chi connectivity index (χ0) is 14.4. The number of aliphatic hydroxyl groups excluding tert-OH is 1. The molecule has 2 rings (SSSR count). The minimum atomic E-state index is -0.755. The Morgan fingerprint density at radius 1 is 1.40 bits per heavy atom. The summed E-state index contributed by atoms with van der Waals surface area (Å²) in [7, 11) is 0. The lowest BCUT2D eigenvalue weighted by Gasteiger charge is -2.13. The predicted molar refractivity (Wildman–Crippen MR) is 75.8 cm³/mol. The van der Waals surface area contributed by atoms with Crippen molar-refractivity contribution in [2.45, 2.75) is 13.0 Å². The van der Waals surface area contributed by atoms with Crippen LogP contribution in [0.15, 0.2) is 42.6 Å². The van der Waals surface area contributed by atoms with Crippen molar-refractivity contribution >= 4 is 5.91 Å². The summed E-state index contributed by atoms with van der Waals surface area (Å²) in [5.41, 5.74) is 1.56. The van der Waals surface area contributed by atoms with Crippen molar-refractivity contribution in [1.82, 2.24) is 10.3 Å². The predicted octanol–water partition coefficient (Wildman–Crippen LogP) is 1.49. The smallest absolute Gasteiger partial charge is 0.267 e. The van der Waals surface area contributed by atoms with Gasteiger partial charge in [-0.3, -0.25) is 4.79 Å². The lowest BCUT2D eigenvalue weighted by molar-refractivity contribution is 0.0840. The Kier molecular flexibility index (Phi) is 4.79. The van der Waals surface area contributed by atoms with Crippen molar-refractivity contribution in [2.24, 2.45) is 0 Å². The summed E-state index contributed by atoms with van der Waals surface area (Å²) in [6, 6.07) is 11.0. The van der Waals surface area contributed by atoms with Crippen LogP contribution in [0.5, 0.6) is 5.75 Å². The topological polar surface area (TPSA) is 74.3 Å². The molecule has 1 amide bonds. The molecular formula is C15H18N2O3. The number of aromatic amines is 1. The van der Waals surface area contributed by atoms with Crippen LogP contribution in [0, 0.1) is 6.92 Å². The van der Waals surface area contributed by atoms with Crippen molar-refractivity contribution in [3.63, 3.8) is 0 Å². The van der Waals surface area contributed by atoms with Gasteiger partial charge in [0.2, 0.25) is 0 Å². The molecule has 1 atom stereocenters. The van der Waals surface area contributed by atoms with E-state index in [9.17, 15) is 9.90 Å². The van der Waals surface area contributed by atoms with Crippen LogP contribution in [0.2, 0.25) is 0 Å². The van der Waals surface area contributed by atoms with E-state index in [1.54, 1.807) is 18.3 Å². The first-order valence-electron chi connectivity index (χ1n) is 6.44. The zero-order valence-electron chi connectivity index (χ0n) is 11.3. The molecule has 0 radical (unpaired) electrons. The molecule has 1 aromatic heterocycles. The highest BCUT2D eigenvalue weighted by Gasteiger charge is 2.10. The van der Waals surface area contributed by atoms with E-state index in [1.165, 1.54) is 0 Å². The van der Waals surface area contributed by atoms with Crippen molar-refractivity contribution in [2.75, 3.05) is 13.2 Å². The summed E-state index contributed by atoms with van der Waals surface area (Å²) >= 11 is 0. The zero-order valence-corrected chi connectivity index (χ0v) is 11.3. The third-order valence-electron chi connectivity index (χ3n) is 2.77. The summed E-state index contributed by atoms with van der Waals surface area (Å²) < 4.78 is 5.46. The first-order chi connectivity index (χ1) is 9.65. The number of H-pyrrole nitrogens is 1. The molecule has 1 unspecified atom stereocenters. The molecule has 0 aliphatic carbocycles. The van der Waals surface area contributed by atoms with E-state index in [-0.39, 0.29) is 19.1 Å². The van der Waals surface area contributed by atoms with Gasteiger partial charge in [-0.25, -0.2) is 0 Å². The van der Waals surface area contributed by atoms with Gasteiger partial charge in [-0.05, 0) is 36.8 Å². The molecule has 0 saturated carbocycles. The lowest BCUT2D eigenvalue weighted by atomic mass is 10.2. The molecule has 0 aliphatic heterocycles. The van der Waals surface area contributed by atoms with Gasteiger partial charge in [0, 0.05) is 12.7 Å². The molecule has 0 aliphatic rings. The number of aromatic nitrogens is 1. The van der Waals surface area contributed by atoms with Crippen molar-refractivity contribution in [3.05, 3.63) is 53.9 Å². The first-order valence-corrected chi connectivity index (χ1v) is 6.44. The van der Waals surface area contributed by atoms with Crippen LogP contribution >= 0.6 is 0 Å². The molecule has 3 N–H and O–H groups in total. The van der Waals surface area contributed by atoms with Crippen molar-refractivity contribution < 1.29 is 14.6 Å². The fourth-order valence-corrected chi connectivity index (χ4v) is 1.73. The van der Waals surface area contributed by atoms with Gasteiger partial charge >= 0.3 is 0 Å². The standard InChI is InChI=1S/C15H18N2O3/c1-11-4-2-5-13(8-11)20-10-12(18)9-17-15(19)14-6-3-7-16-14/h2-8,12,16,18H,9-10H2,1H3,(H,17,19). The van der Waals surface area contributed by atoms with Gasteiger partial charge in [-0.1, -0.05) is 12.1 Å². The molecule has 0 bridgehead atoms. The van der Waals surface area contributed by atoms with Crippen LogP contribution in [-0.4, -0.2) is 35.3 Å². The maximum absolute atomic E-state index is 11.6. The normalized spacial score (nSPS) is 11.9. The first kappa shape index (κ1) is 14.1. The number of aryl methyl sites for hydroxylation is 1. The molecule has 5 heteroatoms. The van der Waals surface area contributed by atoms with Gasteiger partial charge < -0.3 is 20.1 Å². The second kappa shape index (κ2) is 6.77. The molecule has 1 heterocycles. The number of nitrogens with one attached hydrogen (secondary N) is 2. The third kappa shape index (κ3) is 4.13. The fourth-order valence-electron chi connectivity index (χ4n) is 1.73. The molecule has 0 fully saturated rings. The maximum Gasteiger partial charge on any atom is 0.267 e. The Morgan fingerprint density at radius 2 is 2.25 bits per heavy atom. The van der Waals surface area contributed by atoms with E-state index in [2.05, 4.69) is 10.3 Å². The van der Waals surface area contributed by atoms with Crippen molar-refractivity contribution in [3.8, 4) is 5.75 Å². The molecule has 5 nitrogen and oxygen atoms in total. The number of carbonyl (C=O) groups excluding carboxylic acids is 1. The summed E-state index contributed by atoms with van der Waals surface area (Å²) in [5, 5.41) is 12.4. The summed E-state index contributed by atoms with van der Waals surface area (Å²) in [5.74, 6) is 0.462. The number of rotatable bonds is 6. The van der Waals surface area contributed by atoms with Crippen molar-refractivity contribution in [1.29, 1.82) is 0 Å². The molecule has 0 saturated heterocycles. The lowest BCUT2D eigenvalue weighted by Crippen LogP contribution is -2.35. The van der Waals surface area contributed by atoms with Gasteiger partial charge in [0.25, 0.3) is 5.91 Å². The van der Waals surface area contributed by atoms with Crippen LogP contribution in [0.1, 0.15) is 16.1 Å². The Labute approximate surface area is 117 Å². The van der Waals surface area contributed by atoms with Gasteiger partial charge in [0.15, 0.2) is 0 Å². The molecule has 0 spiro atoms. The number of hydrogen-bond donors (Lipinski definition) is 3. The largest absolute Gasteiger partial charge is 0.491 e. The minimum absolute atomic E-state index is 0.133. The summed E-state index contributed by atoms with van der Waals surface area (Å²) in [6.45, 7) is 2.25. The van der Waals surface area contributed by atoms with Gasteiger partial charge in [-0.2, -0.15) is 0 Å². The van der Waals surface area contributed by atoms with Gasteiger partial charge in [0.1, 0.15) is 24.2 Å². The average Bonchev–Trinajstić information content (AvgIpc) is 2.97. The number of aliphatic hydroxyl groups is 1. The van der Waals surface area contributed by atoms with E-state index in [4.69, 9.17) is 4.74 Å². The maximum atomic E-state index is 11.6. The summed E-state index contributed by atoms with van der Waals surface area (Å²) in [6.07, 6.45) is 0.918. The number of hydrogen-bond acceptors (Lipinski definition) is 3. The number of benzene rings is 1. The number of ether oxygens (including phenoxy) is 1. The minimum Gasteiger partial charge on any atom is -0.491 e.